The first-order valence-corrected chi connectivity index (χ1v) is 7.10. The molecule has 0 saturated carbocycles. The molecule has 0 aliphatic heterocycles. The number of carbonyl (C=O) groups is 1. The highest BCUT2D eigenvalue weighted by Crippen LogP contribution is 2.31. The molecule has 21 heavy (non-hydrogen) atoms. The van der Waals surface area contributed by atoms with Crippen molar-refractivity contribution in [3.63, 3.8) is 0 Å². The Hall–Kier alpha value is -2.29. The van der Waals surface area contributed by atoms with Crippen molar-refractivity contribution < 1.29 is 9.90 Å². The van der Waals surface area contributed by atoms with Crippen molar-refractivity contribution in [2.24, 2.45) is 0 Å². The number of hydrogen-bond donors (Lipinski definition) is 2. The summed E-state index contributed by atoms with van der Waals surface area (Å²) in [5.74, 6) is -0.549. The van der Waals surface area contributed by atoms with E-state index in [9.17, 15) is 9.90 Å². The van der Waals surface area contributed by atoms with Gasteiger partial charge in [0.25, 0.3) is 0 Å². The molecule has 0 unspecified atom stereocenters. The normalized spacial score (nSPS) is 10.7. The Bertz CT molecular complexity index is 675. The zero-order valence-electron chi connectivity index (χ0n) is 12.9. The summed E-state index contributed by atoms with van der Waals surface area (Å²) in [6.45, 7) is 8.19. The summed E-state index contributed by atoms with van der Waals surface area (Å²) in [6.07, 6.45) is 0. The van der Waals surface area contributed by atoms with Crippen LogP contribution in [0.2, 0.25) is 0 Å². The van der Waals surface area contributed by atoms with Crippen LogP contribution in [0.25, 0.3) is 0 Å². The Labute approximate surface area is 125 Å². The molecule has 0 radical (unpaired) electrons. The first-order valence-electron chi connectivity index (χ1n) is 7.10. The van der Waals surface area contributed by atoms with Gasteiger partial charge in [-0.05, 0) is 43.0 Å². The van der Waals surface area contributed by atoms with E-state index < -0.39 is 5.97 Å². The predicted molar refractivity (Wildman–Crippen MR) is 86.7 cm³/mol. The van der Waals surface area contributed by atoms with Crippen LogP contribution >= 0.6 is 0 Å². The van der Waals surface area contributed by atoms with E-state index in [2.05, 4.69) is 25.2 Å². The fourth-order valence-corrected chi connectivity index (χ4v) is 2.42. The van der Waals surface area contributed by atoms with Crippen molar-refractivity contribution in [1.29, 1.82) is 0 Å². The molecule has 110 valence electrons. The van der Waals surface area contributed by atoms with Crippen molar-refractivity contribution in [1.82, 2.24) is 0 Å². The van der Waals surface area contributed by atoms with E-state index in [1.165, 1.54) is 5.56 Å². The summed E-state index contributed by atoms with van der Waals surface area (Å²) in [6, 6.07) is 11.6. The van der Waals surface area contributed by atoms with Crippen molar-refractivity contribution in [3.05, 3.63) is 58.7 Å². The summed E-state index contributed by atoms with van der Waals surface area (Å²) in [4.78, 5) is 11.4. The van der Waals surface area contributed by atoms with E-state index >= 15 is 0 Å². The van der Waals surface area contributed by atoms with Gasteiger partial charge in [0.05, 0.1) is 11.3 Å². The average molecular weight is 283 g/mol. The van der Waals surface area contributed by atoms with Crippen LogP contribution in [0.3, 0.4) is 0 Å². The van der Waals surface area contributed by atoms with E-state index in [1.807, 2.05) is 38.1 Å². The largest absolute Gasteiger partial charge is 0.478 e. The second-order valence-electron chi connectivity index (χ2n) is 5.67. The Morgan fingerprint density at radius 1 is 1.14 bits per heavy atom. The van der Waals surface area contributed by atoms with Crippen LogP contribution in [0.5, 0.6) is 0 Å². The summed E-state index contributed by atoms with van der Waals surface area (Å²) < 4.78 is 0. The van der Waals surface area contributed by atoms with Crippen LogP contribution in [0.1, 0.15) is 46.8 Å². The fraction of sp³-hybridized carbons (Fsp3) is 0.278. The molecule has 0 amide bonds. The SMILES string of the molecule is Cc1ccc(Nc2c(C)cccc2C(C)C)c(C(=O)O)c1. The summed E-state index contributed by atoms with van der Waals surface area (Å²) in [7, 11) is 0. The topological polar surface area (TPSA) is 49.3 Å². The zero-order valence-corrected chi connectivity index (χ0v) is 12.9. The lowest BCUT2D eigenvalue weighted by molar-refractivity contribution is 0.0698. The molecule has 0 aliphatic carbocycles. The van der Waals surface area contributed by atoms with Crippen molar-refractivity contribution in [2.45, 2.75) is 33.6 Å². The number of aryl methyl sites for hydroxylation is 2. The lowest BCUT2D eigenvalue weighted by Gasteiger charge is -2.18. The second-order valence-corrected chi connectivity index (χ2v) is 5.67. The van der Waals surface area contributed by atoms with Gasteiger partial charge in [0.1, 0.15) is 0 Å². The number of aromatic carboxylic acids is 1. The zero-order chi connectivity index (χ0) is 15.6. The third-order valence-electron chi connectivity index (χ3n) is 3.59. The van der Waals surface area contributed by atoms with E-state index in [1.54, 1.807) is 6.07 Å². The minimum absolute atomic E-state index is 0.299. The maximum Gasteiger partial charge on any atom is 0.337 e. The van der Waals surface area contributed by atoms with Gasteiger partial charge in [-0.1, -0.05) is 43.7 Å². The molecule has 3 nitrogen and oxygen atoms in total. The van der Waals surface area contributed by atoms with Crippen LogP contribution in [0, 0.1) is 13.8 Å². The van der Waals surface area contributed by atoms with Crippen LogP contribution < -0.4 is 5.32 Å². The predicted octanol–water partition coefficient (Wildman–Crippen LogP) is 4.87. The van der Waals surface area contributed by atoms with E-state index in [0.717, 1.165) is 16.8 Å². The van der Waals surface area contributed by atoms with Gasteiger partial charge in [0, 0.05) is 5.69 Å². The van der Waals surface area contributed by atoms with Crippen LogP contribution in [0.15, 0.2) is 36.4 Å². The van der Waals surface area contributed by atoms with Gasteiger partial charge in [-0.15, -0.1) is 0 Å². The molecule has 0 aromatic heterocycles. The van der Waals surface area contributed by atoms with Crippen molar-refractivity contribution in [2.75, 3.05) is 5.32 Å². The molecule has 2 N–H and O–H groups in total. The lowest BCUT2D eigenvalue weighted by Crippen LogP contribution is -2.06. The monoisotopic (exact) mass is 283 g/mol. The number of carboxylic acid groups (broad SMARTS) is 1. The fourth-order valence-electron chi connectivity index (χ4n) is 2.42. The molecule has 0 spiro atoms. The molecule has 0 aliphatic rings. The van der Waals surface area contributed by atoms with Gasteiger partial charge in [-0.25, -0.2) is 4.79 Å². The third-order valence-corrected chi connectivity index (χ3v) is 3.59. The first kappa shape index (κ1) is 15.1. The molecule has 2 rings (SSSR count). The van der Waals surface area contributed by atoms with Gasteiger partial charge in [-0.2, -0.15) is 0 Å². The number of nitrogens with one attached hydrogen (secondary N) is 1. The molecule has 0 atom stereocenters. The summed E-state index contributed by atoms with van der Waals surface area (Å²) in [5, 5.41) is 12.7. The minimum Gasteiger partial charge on any atom is -0.478 e. The number of benzene rings is 2. The van der Waals surface area contributed by atoms with Crippen LogP contribution in [-0.4, -0.2) is 11.1 Å². The molecule has 3 heteroatoms. The Kier molecular flexibility index (Phi) is 4.32. The molecular formula is C18H21NO2. The van der Waals surface area contributed by atoms with E-state index in [0.29, 0.717) is 17.2 Å². The quantitative estimate of drug-likeness (QED) is 0.841. The minimum atomic E-state index is -0.916. The second kappa shape index (κ2) is 6.00. The molecule has 0 fully saturated rings. The highest BCUT2D eigenvalue weighted by Gasteiger charge is 2.14. The van der Waals surface area contributed by atoms with Gasteiger partial charge in [0.15, 0.2) is 0 Å². The summed E-state index contributed by atoms with van der Waals surface area (Å²) >= 11 is 0. The van der Waals surface area contributed by atoms with Crippen molar-refractivity contribution in [3.8, 4) is 0 Å². The third kappa shape index (κ3) is 3.24. The maximum atomic E-state index is 11.4. The number of anilines is 2. The highest BCUT2D eigenvalue weighted by atomic mass is 16.4. The molecule has 0 bridgehead atoms. The van der Waals surface area contributed by atoms with Gasteiger partial charge < -0.3 is 10.4 Å². The highest BCUT2D eigenvalue weighted by molar-refractivity contribution is 5.95. The maximum absolute atomic E-state index is 11.4. The van der Waals surface area contributed by atoms with E-state index in [4.69, 9.17) is 0 Å². The summed E-state index contributed by atoms with van der Waals surface area (Å²) in [5.41, 5.74) is 5.16. The standard InChI is InChI=1S/C18H21NO2/c1-11(2)14-7-5-6-13(4)17(14)19-16-9-8-12(3)10-15(16)18(20)21/h5-11,19H,1-4H3,(H,20,21). The molecular weight excluding hydrogens is 262 g/mol. The van der Waals surface area contributed by atoms with Gasteiger partial charge >= 0.3 is 5.97 Å². The number of hydrogen-bond acceptors (Lipinski definition) is 2. The van der Waals surface area contributed by atoms with Gasteiger partial charge in [0.2, 0.25) is 0 Å². The number of para-hydroxylation sites is 1. The molecule has 2 aromatic carbocycles. The molecule has 0 saturated heterocycles. The van der Waals surface area contributed by atoms with Crippen LogP contribution in [0.4, 0.5) is 11.4 Å². The van der Waals surface area contributed by atoms with Crippen LogP contribution in [-0.2, 0) is 0 Å². The van der Waals surface area contributed by atoms with Crippen molar-refractivity contribution >= 4 is 17.3 Å². The smallest absolute Gasteiger partial charge is 0.337 e. The number of rotatable bonds is 4. The average Bonchev–Trinajstić information content (AvgIpc) is 2.42. The molecule has 2 aromatic rings. The molecule has 0 heterocycles. The Morgan fingerprint density at radius 3 is 2.48 bits per heavy atom. The number of carboxylic acids is 1. The van der Waals surface area contributed by atoms with E-state index in [-0.39, 0.29) is 0 Å². The lowest BCUT2D eigenvalue weighted by atomic mass is 9.97. The van der Waals surface area contributed by atoms with Gasteiger partial charge in [-0.3, -0.25) is 0 Å². The Balaban J connectivity index is 2.51. The first-order chi connectivity index (χ1) is 9.90. The Morgan fingerprint density at radius 2 is 1.86 bits per heavy atom.